The highest BCUT2D eigenvalue weighted by atomic mass is 16.5. The first kappa shape index (κ1) is 17.3. The number of carbonyl (C=O) groups excluding carboxylic acids is 2. The van der Waals surface area contributed by atoms with Gasteiger partial charge in [-0.25, -0.2) is 0 Å². The fourth-order valence-electron chi connectivity index (χ4n) is 3.60. The normalized spacial score (nSPS) is 14.7. The predicted molar refractivity (Wildman–Crippen MR) is 104 cm³/mol. The molecule has 0 aliphatic heterocycles. The Morgan fingerprint density at radius 2 is 1.81 bits per heavy atom. The lowest BCUT2D eigenvalue weighted by Crippen LogP contribution is -2.35. The van der Waals surface area contributed by atoms with Crippen LogP contribution in [-0.4, -0.2) is 23.8 Å². The molecule has 1 aromatic heterocycles. The zero-order chi connectivity index (χ0) is 19.0. The van der Waals surface area contributed by atoms with Crippen molar-refractivity contribution < 1.29 is 14.3 Å². The summed E-state index contributed by atoms with van der Waals surface area (Å²) < 4.78 is 5.20. The van der Waals surface area contributed by atoms with Gasteiger partial charge < -0.3 is 15.0 Å². The molecule has 1 saturated carbocycles. The van der Waals surface area contributed by atoms with Gasteiger partial charge in [0.25, 0.3) is 11.7 Å². The van der Waals surface area contributed by atoms with Crippen molar-refractivity contribution >= 4 is 22.6 Å². The summed E-state index contributed by atoms with van der Waals surface area (Å²) in [7, 11) is 1.62. The van der Waals surface area contributed by atoms with Crippen molar-refractivity contribution in [2.75, 3.05) is 7.11 Å². The van der Waals surface area contributed by atoms with Crippen LogP contribution in [0.15, 0.2) is 48.5 Å². The average Bonchev–Trinajstić information content (AvgIpc) is 3.47. The van der Waals surface area contributed by atoms with Gasteiger partial charge in [-0.3, -0.25) is 9.59 Å². The van der Waals surface area contributed by atoms with E-state index in [1.54, 1.807) is 7.11 Å². The molecule has 1 heterocycles. The minimum atomic E-state index is -0.560. The number of nitrogens with one attached hydrogen (secondary N) is 2. The second-order valence-corrected chi connectivity index (χ2v) is 7.06. The first-order valence-electron chi connectivity index (χ1n) is 9.15. The summed E-state index contributed by atoms with van der Waals surface area (Å²) in [5, 5.41) is 3.75. The summed E-state index contributed by atoms with van der Waals surface area (Å²) in [5.41, 5.74) is 3.02. The standard InChI is InChI=1S/C22H22N2O3/c1-13-19(17-5-3-4-6-18(17)23-13)21(25)22(26)24-20(14-7-8-14)15-9-11-16(27-2)12-10-15/h3-6,9-12,14,20,23H,7-8H2,1-2H3,(H,24,26). The first-order valence-corrected chi connectivity index (χ1v) is 9.15. The molecule has 1 fully saturated rings. The predicted octanol–water partition coefficient (Wildman–Crippen LogP) is 3.94. The molecule has 27 heavy (non-hydrogen) atoms. The number of methoxy groups -OCH3 is 1. The third-order valence-corrected chi connectivity index (χ3v) is 5.18. The smallest absolute Gasteiger partial charge is 0.292 e. The molecular formula is C22H22N2O3. The Kier molecular flexibility index (Phi) is 4.44. The number of amides is 1. The maximum Gasteiger partial charge on any atom is 0.292 e. The molecule has 4 rings (SSSR count). The zero-order valence-corrected chi connectivity index (χ0v) is 15.4. The molecule has 3 aromatic rings. The van der Waals surface area contributed by atoms with E-state index in [1.807, 2.05) is 55.5 Å². The van der Waals surface area contributed by atoms with E-state index in [4.69, 9.17) is 4.74 Å². The van der Waals surface area contributed by atoms with Gasteiger partial charge in [0.05, 0.1) is 18.7 Å². The summed E-state index contributed by atoms with van der Waals surface area (Å²) in [6, 6.07) is 15.0. The Hall–Kier alpha value is -3.08. The van der Waals surface area contributed by atoms with Gasteiger partial charge in [0.1, 0.15) is 5.75 Å². The number of carbonyl (C=O) groups is 2. The number of H-pyrrole nitrogens is 1. The Balaban J connectivity index is 1.59. The van der Waals surface area contributed by atoms with Crippen molar-refractivity contribution in [1.29, 1.82) is 0 Å². The molecule has 2 aromatic carbocycles. The summed E-state index contributed by atoms with van der Waals surface area (Å²) in [6.45, 7) is 1.82. The Labute approximate surface area is 157 Å². The zero-order valence-electron chi connectivity index (χ0n) is 15.4. The Morgan fingerprint density at radius 1 is 1.11 bits per heavy atom. The van der Waals surface area contributed by atoms with Gasteiger partial charge in [-0.2, -0.15) is 0 Å². The van der Waals surface area contributed by atoms with Crippen LogP contribution in [0.25, 0.3) is 10.9 Å². The van der Waals surface area contributed by atoms with Crippen LogP contribution in [0.3, 0.4) is 0 Å². The van der Waals surface area contributed by atoms with Crippen molar-refractivity contribution in [3.8, 4) is 5.75 Å². The van der Waals surface area contributed by atoms with Gasteiger partial charge >= 0.3 is 0 Å². The van der Waals surface area contributed by atoms with Crippen molar-refractivity contribution in [1.82, 2.24) is 10.3 Å². The van der Waals surface area contributed by atoms with E-state index in [-0.39, 0.29) is 6.04 Å². The number of fused-ring (bicyclic) bond motifs is 1. The van der Waals surface area contributed by atoms with E-state index in [9.17, 15) is 9.59 Å². The highest BCUT2D eigenvalue weighted by Crippen LogP contribution is 2.41. The van der Waals surface area contributed by atoms with Crippen LogP contribution < -0.4 is 10.1 Å². The molecule has 138 valence electrons. The lowest BCUT2D eigenvalue weighted by atomic mass is 10.0. The average molecular weight is 362 g/mol. The van der Waals surface area contributed by atoms with Crippen LogP contribution in [0, 0.1) is 12.8 Å². The molecule has 0 spiro atoms. The van der Waals surface area contributed by atoms with Gasteiger partial charge in [0, 0.05) is 16.6 Å². The largest absolute Gasteiger partial charge is 0.497 e. The minimum absolute atomic E-state index is 0.155. The number of benzene rings is 2. The number of ether oxygens (including phenoxy) is 1. The molecule has 5 heteroatoms. The second-order valence-electron chi connectivity index (χ2n) is 7.06. The number of para-hydroxylation sites is 1. The van der Waals surface area contributed by atoms with E-state index in [1.165, 1.54) is 0 Å². The maximum absolute atomic E-state index is 12.9. The van der Waals surface area contributed by atoms with E-state index >= 15 is 0 Å². The molecule has 1 unspecified atom stereocenters. The number of aryl methyl sites for hydroxylation is 1. The number of rotatable bonds is 6. The van der Waals surface area contributed by atoms with Gasteiger partial charge in [-0.05, 0) is 49.4 Å². The topological polar surface area (TPSA) is 71.2 Å². The van der Waals surface area contributed by atoms with Gasteiger partial charge in [-0.15, -0.1) is 0 Å². The van der Waals surface area contributed by atoms with Gasteiger partial charge in [0.15, 0.2) is 0 Å². The van der Waals surface area contributed by atoms with Crippen LogP contribution in [0.2, 0.25) is 0 Å². The molecular weight excluding hydrogens is 340 g/mol. The molecule has 5 nitrogen and oxygen atoms in total. The van der Waals surface area contributed by atoms with E-state index in [0.29, 0.717) is 17.2 Å². The summed E-state index contributed by atoms with van der Waals surface area (Å²) >= 11 is 0. The van der Waals surface area contributed by atoms with Crippen LogP contribution in [0.4, 0.5) is 0 Å². The number of hydrogen-bond donors (Lipinski definition) is 2. The summed E-state index contributed by atoms with van der Waals surface area (Å²) in [6.07, 6.45) is 2.11. The fraction of sp³-hybridized carbons (Fsp3) is 0.273. The van der Waals surface area contributed by atoms with Crippen LogP contribution in [0.1, 0.15) is 40.5 Å². The summed E-state index contributed by atoms with van der Waals surface area (Å²) in [5.74, 6) is 0.0870. The van der Waals surface area contributed by atoms with Crippen molar-refractivity contribution in [2.45, 2.75) is 25.8 Å². The van der Waals surface area contributed by atoms with Crippen LogP contribution >= 0.6 is 0 Å². The highest BCUT2D eigenvalue weighted by Gasteiger charge is 2.35. The third kappa shape index (κ3) is 3.33. The highest BCUT2D eigenvalue weighted by molar-refractivity contribution is 6.45. The molecule has 0 saturated heterocycles. The van der Waals surface area contributed by atoms with Crippen molar-refractivity contribution in [2.24, 2.45) is 5.92 Å². The molecule has 2 N–H and O–H groups in total. The fourth-order valence-corrected chi connectivity index (χ4v) is 3.60. The number of aromatic nitrogens is 1. The molecule has 1 amide bonds. The first-order chi connectivity index (χ1) is 13.1. The number of hydrogen-bond acceptors (Lipinski definition) is 3. The monoisotopic (exact) mass is 362 g/mol. The van der Waals surface area contributed by atoms with Crippen LogP contribution in [0.5, 0.6) is 5.75 Å². The molecule has 0 radical (unpaired) electrons. The molecule has 1 aliphatic rings. The number of Topliss-reactive ketones (excluding diaryl/α,β-unsaturated/α-hetero) is 1. The molecule has 1 aliphatic carbocycles. The summed E-state index contributed by atoms with van der Waals surface area (Å²) in [4.78, 5) is 28.9. The van der Waals surface area contributed by atoms with E-state index < -0.39 is 11.7 Å². The molecule has 0 bridgehead atoms. The number of ketones is 1. The SMILES string of the molecule is COc1ccc(C(NC(=O)C(=O)c2c(C)[nH]c3ccccc23)C2CC2)cc1. The van der Waals surface area contributed by atoms with Gasteiger partial charge in [0.2, 0.25) is 0 Å². The third-order valence-electron chi connectivity index (χ3n) is 5.18. The van der Waals surface area contributed by atoms with E-state index in [2.05, 4.69) is 10.3 Å². The minimum Gasteiger partial charge on any atom is -0.497 e. The Morgan fingerprint density at radius 3 is 2.48 bits per heavy atom. The second kappa shape index (κ2) is 6.91. The lowest BCUT2D eigenvalue weighted by Gasteiger charge is -2.18. The van der Waals surface area contributed by atoms with Gasteiger partial charge in [-0.1, -0.05) is 30.3 Å². The van der Waals surface area contributed by atoms with E-state index in [0.717, 1.165) is 35.1 Å². The lowest BCUT2D eigenvalue weighted by molar-refractivity contribution is -0.117. The van der Waals surface area contributed by atoms with Crippen molar-refractivity contribution in [3.05, 3.63) is 65.4 Å². The Bertz CT molecular complexity index is 1000. The number of aromatic amines is 1. The quantitative estimate of drug-likeness (QED) is 0.515. The maximum atomic E-state index is 12.9. The molecule has 1 atom stereocenters. The van der Waals surface area contributed by atoms with Crippen LogP contribution in [-0.2, 0) is 4.79 Å². The van der Waals surface area contributed by atoms with Crippen molar-refractivity contribution in [3.63, 3.8) is 0 Å².